The minimum Gasteiger partial charge on any atom is -0.342 e. The lowest BCUT2D eigenvalue weighted by Crippen LogP contribution is -2.37. The van der Waals surface area contributed by atoms with E-state index in [4.69, 9.17) is 0 Å². The van der Waals surface area contributed by atoms with Gasteiger partial charge in [0, 0.05) is 37.2 Å². The smallest absolute Gasteiger partial charge is 0.259 e. The summed E-state index contributed by atoms with van der Waals surface area (Å²) in [5, 5.41) is 0. The van der Waals surface area contributed by atoms with Crippen LogP contribution in [0.5, 0.6) is 0 Å². The molecule has 0 saturated carbocycles. The molecule has 19 heavy (non-hydrogen) atoms. The van der Waals surface area contributed by atoms with Gasteiger partial charge >= 0.3 is 0 Å². The number of nitrogens with one attached hydrogen (secondary N) is 1. The van der Waals surface area contributed by atoms with Crippen LogP contribution in [0.2, 0.25) is 0 Å². The summed E-state index contributed by atoms with van der Waals surface area (Å²) in [6.45, 7) is 1.66. The van der Waals surface area contributed by atoms with E-state index in [0.29, 0.717) is 11.5 Å². The number of aromatic nitrogens is 3. The van der Waals surface area contributed by atoms with Crippen LogP contribution in [0.3, 0.4) is 0 Å². The fraction of sp³-hybridized carbons (Fsp3) is 0.462. The van der Waals surface area contributed by atoms with Crippen molar-refractivity contribution >= 4 is 11.7 Å². The number of hydrogen-bond donors (Lipinski definition) is 1. The van der Waals surface area contributed by atoms with E-state index in [1.54, 1.807) is 12.4 Å². The molecule has 0 spiro atoms. The highest BCUT2D eigenvalue weighted by atomic mass is 16.2. The largest absolute Gasteiger partial charge is 0.342 e. The highest BCUT2D eigenvalue weighted by Gasteiger charge is 2.17. The monoisotopic (exact) mass is 260 g/mol. The molecule has 6 heteroatoms. The minimum absolute atomic E-state index is 0.0752. The van der Waals surface area contributed by atoms with Gasteiger partial charge in [-0.3, -0.25) is 14.0 Å². The summed E-state index contributed by atoms with van der Waals surface area (Å²) >= 11 is 0. The summed E-state index contributed by atoms with van der Waals surface area (Å²) in [5.41, 5.74) is 0.465. The molecule has 1 aliphatic heterocycles. The van der Waals surface area contributed by atoms with Gasteiger partial charge in [0.1, 0.15) is 0 Å². The van der Waals surface area contributed by atoms with Crippen molar-refractivity contribution in [3.8, 4) is 0 Å². The van der Waals surface area contributed by atoms with Crippen LogP contribution in [-0.4, -0.2) is 38.3 Å². The Labute approximate surface area is 110 Å². The standard InChI is InChI=1S/C13H16N4O2/c18-11(16-5-2-1-3-6-16)8-10-9-12(19)17-7-4-14-13(17)15-10/h4,7,9H,1-3,5-6,8H2,(H,14,15). The SMILES string of the molecule is O=C(Cc1cc(=O)n2ccnc2[nH]1)N1CCCCC1. The molecule has 1 saturated heterocycles. The van der Waals surface area contributed by atoms with Gasteiger partial charge in [-0.05, 0) is 19.3 Å². The number of imidazole rings is 1. The minimum atomic E-state index is -0.160. The van der Waals surface area contributed by atoms with Gasteiger partial charge in [-0.15, -0.1) is 0 Å². The van der Waals surface area contributed by atoms with Crippen LogP contribution < -0.4 is 5.56 Å². The number of carbonyl (C=O) groups is 1. The first-order valence-electron chi connectivity index (χ1n) is 6.57. The second-order valence-corrected chi connectivity index (χ2v) is 4.87. The quantitative estimate of drug-likeness (QED) is 0.858. The molecule has 0 bridgehead atoms. The van der Waals surface area contributed by atoms with Crippen molar-refractivity contribution in [2.45, 2.75) is 25.7 Å². The molecule has 0 radical (unpaired) electrons. The van der Waals surface area contributed by atoms with E-state index in [-0.39, 0.29) is 17.9 Å². The molecule has 2 aromatic rings. The first-order chi connectivity index (χ1) is 9.24. The van der Waals surface area contributed by atoms with Gasteiger partial charge in [0.05, 0.1) is 6.42 Å². The number of likely N-dealkylation sites (tertiary alicyclic amines) is 1. The maximum Gasteiger partial charge on any atom is 0.259 e. The van der Waals surface area contributed by atoms with E-state index >= 15 is 0 Å². The van der Waals surface area contributed by atoms with Gasteiger partial charge in [-0.2, -0.15) is 0 Å². The number of fused-ring (bicyclic) bond motifs is 1. The van der Waals surface area contributed by atoms with Crippen molar-refractivity contribution in [1.29, 1.82) is 0 Å². The number of aromatic amines is 1. The van der Waals surface area contributed by atoms with E-state index in [9.17, 15) is 9.59 Å². The average Bonchev–Trinajstić information content (AvgIpc) is 2.88. The Morgan fingerprint density at radius 1 is 1.32 bits per heavy atom. The summed E-state index contributed by atoms with van der Waals surface area (Å²) in [4.78, 5) is 32.9. The molecule has 1 amide bonds. The summed E-state index contributed by atoms with van der Waals surface area (Å²) in [7, 11) is 0. The van der Waals surface area contributed by atoms with Crippen molar-refractivity contribution in [1.82, 2.24) is 19.3 Å². The van der Waals surface area contributed by atoms with Crippen molar-refractivity contribution in [2.75, 3.05) is 13.1 Å². The number of carbonyl (C=O) groups excluding carboxylic acids is 1. The highest BCUT2D eigenvalue weighted by molar-refractivity contribution is 5.78. The number of hydrogen-bond acceptors (Lipinski definition) is 3. The summed E-state index contributed by atoms with van der Waals surface area (Å²) in [5.74, 6) is 0.556. The fourth-order valence-electron chi connectivity index (χ4n) is 2.49. The summed E-state index contributed by atoms with van der Waals surface area (Å²) < 4.78 is 1.43. The van der Waals surface area contributed by atoms with Gasteiger partial charge < -0.3 is 9.88 Å². The van der Waals surface area contributed by atoms with E-state index in [2.05, 4.69) is 9.97 Å². The van der Waals surface area contributed by atoms with E-state index in [1.807, 2.05) is 4.90 Å². The zero-order chi connectivity index (χ0) is 13.2. The number of nitrogens with zero attached hydrogens (tertiary/aromatic N) is 3. The Balaban J connectivity index is 1.80. The van der Waals surface area contributed by atoms with Crippen LogP contribution in [0.1, 0.15) is 25.0 Å². The molecule has 0 aromatic carbocycles. The van der Waals surface area contributed by atoms with Gasteiger partial charge in [0.15, 0.2) is 0 Å². The molecular weight excluding hydrogens is 244 g/mol. The van der Waals surface area contributed by atoms with Crippen LogP contribution in [0, 0.1) is 0 Å². The average molecular weight is 260 g/mol. The van der Waals surface area contributed by atoms with Crippen LogP contribution in [0.4, 0.5) is 0 Å². The van der Waals surface area contributed by atoms with Crippen molar-refractivity contribution in [2.24, 2.45) is 0 Å². The number of amides is 1. The second-order valence-electron chi connectivity index (χ2n) is 4.87. The Morgan fingerprint density at radius 2 is 2.11 bits per heavy atom. The third kappa shape index (κ3) is 2.38. The number of rotatable bonds is 2. The topological polar surface area (TPSA) is 70.5 Å². The van der Waals surface area contributed by atoms with Crippen molar-refractivity contribution < 1.29 is 4.79 Å². The summed E-state index contributed by atoms with van der Waals surface area (Å²) in [6.07, 6.45) is 6.73. The van der Waals surface area contributed by atoms with E-state index < -0.39 is 0 Å². The molecule has 3 heterocycles. The zero-order valence-corrected chi connectivity index (χ0v) is 10.6. The maximum atomic E-state index is 12.1. The lowest BCUT2D eigenvalue weighted by atomic mass is 10.1. The Morgan fingerprint density at radius 3 is 2.89 bits per heavy atom. The molecule has 2 aromatic heterocycles. The number of piperidine rings is 1. The Kier molecular flexibility index (Phi) is 3.06. The van der Waals surface area contributed by atoms with Crippen LogP contribution in [0.25, 0.3) is 5.78 Å². The lowest BCUT2D eigenvalue weighted by molar-refractivity contribution is -0.131. The van der Waals surface area contributed by atoms with Crippen molar-refractivity contribution in [3.63, 3.8) is 0 Å². The van der Waals surface area contributed by atoms with E-state index in [1.165, 1.54) is 16.9 Å². The van der Waals surface area contributed by atoms with Crippen molar-refractivity contribution in [3.05, 3.63) is 34.5 Å². The molecule has 0 atom stereocenters. The third-order valence-corrected chi connectivity index (χ3v) is 3.50. The molecule has 3 rings (SSSR count). The molecule has 1 N–H and O–H groups in total. The molecule has 0 aliphatic carbocycles. The predicted octanol–water partition coefficient (Wildman–Crippen LogP) is 0.578. The molecule has 6 nitrogen and oxygen atoms in total. The molecule has 1 fully saturated rings. The molecule has 0 unspecified atom stereocenters. The number of H-pyrrole nitrogens is 1. The lowest BCUT2D eigenvalue weighted by Gasteiger charge is -2.26. The Bertz CT molecular complexity index is 652. The van der Waals surface area contributed by atoms with Gasteiger partial charge in [0.25, 0.3) is 5.56 Å². The van der Waals surface area contributed by atoms with Crippen LogP contribution >= 0.6 is 0 Å². The molecule has 100 valence electrons. The normalized spacial score (nSPS) is 15.9. The first-order valence-corrected chi connectivity index (χ1v) is 6.57. The maximum absolute atomic E-state index is 12.1. The van der Waals surface area contributed by atoms with Crippen LogP contribution in [-0.2, 0) is 11.2 Å². The second kappa shape index (κ2) is 4.87. The van der Waals surface area contributed by atoms with Crippen LogP contribution in [0.15, 0.2) is 23.3 Å². The third-order valence-electron chi connectivity index (χ3n) is 3.50. The molecular formula is C13H16N4O2. The first kappa shape index (κ1) is 12.0. The van der Waals surface area contributed by atoms with Gasteiger partial charge in [-0.25, -0.2) is 4.98 Å². The zero-order valence-electron chi connectivity index (χ0n) is 10.6. The fourth-order valence-corrected chi connectivity index (χ4v) is 2.49. The Hall–Kier alpha value is -2.11. The van der Waals surface area contributed by atoms with E-state index in [0.717, 1.165) is 25.9 Å². The molecule has 1 aliphatic rings. The van der Waals surface area contributed by atoms with Gasteiger partial charge in [-0.1, -0.05) is 0 Å². The van der Waals surface area contributed by atoms with Gasteiger partial charge in [0.2, 0.25) is 11.7 Å². The highest BCUT2D eigenvalue weighted by Crippen LogP contribution is 2.10. The predicted molar refractivity (Wildman–Crippen MR) is 69.9 cm³/mol. The summed E-state index contributed by atoms with van der Waals surface area (Å²) in [6, 6.07) is 1.47.